The summed E-state index contributed by atoms with van der Waals surface area (Å²) in [6.07, 6.45) is 5.00. The zero-order chi connectivity index (χ0) is 14.9. The van der Waals surface area contributed by atoms with Crippen molar-refractivity contribution in [1.29, 1.82) is 0 Å². The van der Waals surface area contributed by atoms with Gasteiger partial charge in [-0.1, -0.05) is 24.9 Å². The Morgan fingerprint density at radius 3 is 2.81 bits per heavy atom. The maximum Gasteiger partial charge on any atom is 0.126 e. The predicted molar refractivity (Wildman–Crippen MR) is 88.2 cm³/mol. The highest BCUT2D eigenvalue weighted by Crippen LogP contribution is 2.31. The van der Waals surface area contributed by atoms with E-state index in [1.165, 1.54) is 11.3 Å². The number of hydrogen-bond acceptors (Lipinski definition) is 4. The third-order valence-electron chi connectivity index (χ3n) is 3.16. The van der Waals surface area contributed by atoms with E-state index in [1.54, 1.807) is 17.6 Å². The van der Waals surface area contributed by atoms with Crippen LogP contribution in [0.1, 0.15) is 42.9 Å². The van der Waals surface area contributed by atoms with Crippen LogP contribution in [0.15, 0.2) is 34.9 Å². The van der Waals surface area contributed by atoms with Gasteiger partial charge in [0.15, 0.2) is 0 Å². The molecule has 116 valence electrons. The topological polar surface area (TPSA) is 34.4 Å². The van der Waals surface area contributed by atoms with E-state index in [0.29, 0.717) is 0 Å². The smallest absolute Gasteiger partial charge is 0.126 e. The molecule has 2 heterocycles. The lowest BCUT2D eigenvalue weighted by atomic mass is 10.2. The molecule has 0 radical (unpaired) electrons. The Morgan fingerprint density at radius 1 is 1.29 bits per heavy atom. The third-order valence-corrected chi connectivity index (χ3v) is 4.46. The average molecular weight is 328 g/mol. The Kier molecular flexibility index (Phi) is 7.30. The number of rotatable bonds is 10. The lowest BCUT2D eigenvalue weighted by Gasteiger charge is -2.15. The first kappa shape index (κ1) is 16.6. The fourth-order valence-corrected chi connectivity index (χ4v) is 3.19. The SMILES string of the molecule is CCCCOCCCNC(c1ccco1)c1ccc(Cl)s1. The van der Waals surface area contributed by atoms with Crippen molar-refractivity contribution in [3.63, 3.8) is 0 Å². The van der Waals surface area contributed by atoms with Crippen LogP contribution < -0.4 is 5.32 Å². The summed E-state index contributed by atoms with van der Waals surface area (Å²) in [7, 11) is 0. The highest BCUT2D eigenvalue weighted by molar-refractivity contribution is 7.16. The quantitative estimate of drug-likeness (QED) is 0.631. The number of furan rings is 1. The summed E-state index contributed by atoms with van der Waals surface area (Å²) in [5, 5.41) is 3.52. The molecular formula is C16H22ClNO2S. The molecule has 0 bridgehead atoms. The van der Waals surface area contributed by atoms with Crippen molar-refractivity contribution < 1.29 is 9.15 Å². The summed E-state index contributed by atoms with van der Waals surface area (Å²) in [4.78, 5) is 1.17. The lowest BCUT2D eigenvalue weighted by molar-refractivity contribution is 0.128. The molecule has 1 N–H and O–H groups in total. The van der Waals surface area contributed by atoms with Crippen LogP contribution in [-0.4, -0.2) is 19.8 Å². The van der Waals surface area contributed by atoms with Crippen molar-refractivity contribution >= 4 is 22.9 Å². The number of thiophene rings is 1. The molecule has 21 heavy (non-hydrogen) atoms. The number of hydrogen-bond donors (Lipinski definition) is 1. The molecule has 2 aromatic heterocycles. The Labute approximate surface area is 135 Å². The summed E-state index contributed by atoms with van der Waals surface area (Å²) in [5.74, 6) is 0.917. The van der Waals surface area contributed by atoms with E-state index in [0.717, 1.165) is 42.7 Å². The molecule has 1 atom stereocenters. The Morgan fingerprint density at radius 2 is 2.14 bits per heavy atom. The van der Waals surface area contributed by atoms with Crippen molar-refractivity contribution in [3.05, 3.63) is 45.5 Å². The summed E-state index contributed by atoms with van der Waals surface area (Å²) in [6, 6.07) is 7.93. The van der Waals surface area contributed by atoms with Crippen LogP contribution in [0.25, 0.3) is 0 Å². The van der Waals surface area contributed by atoms with E-state index < -0.39 is 0 Å². The van der Waals surface area contributed by atoms with Crippen LogP contribution in [-0.2, 0) is 4.74 Å². The Bertz CT molecular complexity index is 498. The minimum Gasteiger partial charge on any atom is -0.467 e. The van der Waals surface area contributed by atoms with Gasteiger partial charge in [0, 0.05) is 18.1 Å². The second-order valence-corrected chi connectivity index (χ2v) is 6.61. The molecule has 1 unspecified atom stereocenters. The third kappa shape index (κ3) is 5.47. The summed E-state index contributed by atoms with van der Waals surface area (Å²) < 4.78 is 11.9. The summed E-state index contributed by atoms with van der Waals surface area (Å²) in [6.45, 7) is 4.71. The van der Waals surface area contributed by atoms with E-state index in [9.17, 15) is 0 Å². The van der Waals surface area contributed by atoms with E-state index in [1.807, 2.05) is 24.3 Å². The van der Waals surface area contributed by atoms with Crippen molar-refractivity contribution in [2.75, 3.05) is 19.8 Å². The molecule has 2 aromatic rings. The molecule has 0 aliphatic rings. The summed E-state index contributed by atoms with van der Waals surface area (Å²) in [5.41, 5.74) is 0. The zero-order valence-electron chi connectivity index (χ0n) is 12.3. The van der Waals surface area contributed by atoms with Crippen molar-refractivity contribution in [2.24, 2.45) is 0 Å². The van der Waals surface area contributed by atoms with Crippen LogP contribution >= 0.6 is 22.9 Å². The largest absolute Gasteiger partial charge is 0.467 e. The van der Waals surface area contributed by atoms with E-state index in [-0.39, 0.29) is 6.04 Å². The molecule has 0 aliphatic carbocycles. The predicted octanol–water partition coefficient (Wildman–Crippen LogP) is 4.88. The molecule has 0 aliphatic heterocycles. The maximum atomic E-state index is 6.04. The van der Waals surface area contributed by atoms with Gasteiger partial charge in [0.05, 0.1) is 10.6 Å². The van der Waals surface area contributed by atoms with Crippen molar-refractivity contribution in [1.82, 2.24) is 5.32 Å². The standard InChI is InChI=1S/C16H22ClNO2S/c1-2-3-10-19-11-5-9-18-16(13-6-4-12-20-13)14-7-8-15(17)21-14/h4,6-8,12,16,18H,2-3,5,9-11H2,1H3. The molecular weight excluding hydrogens is 306 g/mol. The lowest BCUT2D eigenvalue weighted by Crippen LogP contribution is -2.23. The number of ether oxygens (including phenoxy) is 1. The monoisotopic (exact) mass is 327 g/mol. The second-order valence-electron chi connectivity index (χ2n) is 4.86. The van der Waals surface area contributed by atoms with Gasteiger partial charge >= 0.3 is 0 Å². The van der Waals surface area contributed by atoms with Crippen LogP contribution in [0.5, 0.6) is 0 Å². The maximum absolute atomic E-state index is 6.04. The highest BCUT2D eigenvalue weighted by Gasteiger charge is 2.17. The van der Waals surface area contributed by atoms with Gasteiger partial charge in [-0.25, -0.2) is 0 Å². The van der Waals surface area contributed by atoms with E-state index in [2.05, 4.69) is 12.2 Å². The number of nitrogens with one attached hydrogen (secondary N) is 1. The van der Waals surface area contributed by atoms with Crippen molar-refractivity contribution in [3.8, 4) is 0 Å². The fraction of sp³-hybridized carbons (Fsp3) is 0.500. The first-order valence-electron chi connectivity index (χ1n) is 7.41. The minimum atomic E-state index is 0.0631. The van der Waals surface area contributed by atoms with Crippen LogP contribution in [0, 0.1) is 0 Å². The second kappa shape index (κ2) is 9.26. The highest BCUT2D eigenvalue weighted by atomic mass is 35.5. The van der Waals surface area contributed by atoms with Crippen LogP contribution in [0.2, 0.25) is 4.34 Å². The van der Waals surface area contributed by atoms with Crippen LogP contribution in [0.4, 0.5) is 0 Å². The van der Waals surface area contributed by atoms with Gasteiger partial charge in [0.1, 0.15) is 11.8 Å². The van der Waals surface area contributed by atoms with E-state index in [4.69, 9.17) is 20.8 Å². The molecule has 0 saturated carbocycles. The van der Waals surface area contributed by atoms with Gasteiger partial charge in [0.25, 0.3) is 0 Å². The molecule has 0 amide bonds. The first-order chi connectivity index (χ1) is 10.3. The van der Waals surface area contributed by atoms with Crippen LogP contribution in [0.3, 0.4) is 0 Å². The molecule has 5 heteroatoms. The average Bonchev–Trinajstić information content (AvgIpc) is 3.14. The Balaban J connectivity index is 1.81. The minimum absolute atomic E-state index is 0.0631. The van der Waals surface area contributed by atoms with Gasteiger partial charge < -0.3 is 14.5 Å². The van der Waals surface area contributed by atoms with Crippen molar-refractivity contribution in [2.45, 2.75) is 32.2 Å². The molecule has 0 aromatic carbocycles. The molecule has 3 nitrogen and oxygen atoms in total. The molecule has 0 fully saturated rings. The zero-order valence-corrected chi connectivity index (χ0v) is 13.9. The van der Waals surface area contributed by atoms with Gasteiger partial charge in [-0.05, 0) is 43.7 Å². The molecule has 0 saturated heterocycles. The summed E-state index contributed by atoms with van der Waals surface area (Å²) >= 11 is 7.62. The van der Waals surface area contributed by atoms with Gasteiger partial charge in [-0.3, -0.25) is 0 Å². The van der Waals surface area contributed by atoms with Gasteiger partial charge in [-0.15, -0.1) is 11.3 Å². The Hall–Kier alpha value is -0.810. The fourth-order valence-electron chi connectivity index (χ4n) is 2.05. The van der Waals surface area contributed by atoms with Gasteiger partial charge in [-0.2, -0.15) is 0 Å². The molecule has 0 spiro atoms. The first-order valence-corrected chi connectivity index (χ1v) is 8.60. The van der Waals surface area contributed by atoms with E-state index >= 15 is 0 Å². The molecule has 2 rings (SSSR count). The normalized spacial score (nSPS) is 12.7. The number of halogens is 1. The van der Waals surface area contributed by atoms with Gasteiger partial charge in [0.2, 0.25) is 0 Å². The number of unbranched alkanes of at least 4 members (excludes halogenated alkanes) is 1.